The first-order valence-electron chi connectivity index (χ1n) is 6.74. The van der Waals surface area contributed by atoms with Gasteiger partial charge in [-0.05, 0) is 12.1 Å². The summed E-state index contributed by atoms with van der Waals surface area (Å²) in [5, 5.41) is 20.0. The lowest BCUT2D eigenvalue weighted by Crippen LogP contribution is -2.52. The highest BCUT2D eigenvalue weighted by Gasteiger charge is 2.43. The second kappa shape index (κ2) is 6.34. The molecule has 0 saturated carbocycles. The summed E-state index contributed by atoms with van der Waals surface area (Å²) in [6.07, 6.45) is -4.96. The lowest BCUT2D eigenvalue weighted by molar-refractivity contribution is -0.384. The molecule has 130 valence electrons. The predicted molar refractivity (Wildman–Crippen MR) is 74.9 cm³/mol. The van der Waals surface area contributed by atoms with Gasteiger partial charge < -0.3 is 14.9 Å². The van der Waals surface area contributed by atoms with Crippen molar-refractivity contribution in [2.45, 2.75) is 6.18 Å². The Kier molecular flexibility index (Phi) is 4.62. The van der Waals surface area contributed by atoms with Crippen molar-refractivity contribution in [3.8, 4) is 0 Å². The third kappa shape index (κ3) is 3.55. The molecule has 0 atom stereocenters. The highest BCUT2D eigenvalue weighted by molar-refractivity contribution is 5.90. The smallest absolute Gasteiger partial charge is 0.471 e. The summed E-state index contributed by atoms with van der Waals surface area (Å²) in [6, 6.07) is 3.31. The van der Waals surface area contributed by atoms with Crippen LogP contribution < -0.4 is 4.90 Å². The number of rotatable bonds is 3. The number of carboxylic acids is 1. The average Bonchev–Trinajstić information content (AvgIpc) is 2.52. The number of carboxylic acid groups (broad SMARTS) is 1. The highest BCUT2D eigenvalue weighted by atomic mass is 19.4. The molecule has 0 unspecified atom stereocenters. The molecular formula is C13H12F3N3O5. The molecule has 1 amide bonds. The average molecular weight is 347 g/mol. The van der Waals surface area contributed by atoms with Crippen LogP contribution in [0.4, 0.5) is 24.5 Å². The molecule has 0 radical (unpaired) electrons. The number of aromatic carboxylic acids is 1. The summed E-state index contributed by atoms with van der Waals surface area (Å²) < 4.78 is 37.2. The Morgan fingerprint density at radius 1 is 1.17 bits per heavy atom. The Labute approximate surface area is 133 Å². The first-order valence-corrected chi connectivity index (χ1v) is 6.74. The molecule has 2 rings (SSSR count). The molecule has 1 N–H and O–H groups in total. The molecule has 1 saturated heterocycles. The minimum absolute atomic E-state index is 0.0327. The summed E-state index contributed by atoms with van der Waals surface area (Å²) in [5.41, 5.74) is -0.619. The van der Waals surface area contributed by atoms with Crippen LogP contribution in [0.3, 0.4) is 0 Å². The van der Waals surface area contributed by atoms with Gasteiger partial charge in [0.15, 0.2) is 0 Å². The van der Waals surface area contributed by atoms with E-state index in [1.165, 1.54) is 17.0 Å². The molecule has 1 heterocycles. The maximum absolute atomic E-state index is 12.4. The van der Waals surface area contributed by atoms with Crippen LogP contribution in [0.15, 0.2) is 18.2 Å². The topological polar surface area (TPSA) is 104 Å². The van der Waals surface area contributed by atoms with E-state index in [9.17, 15) is 32.9 Å². The molecule has 1 aromatic rings. The van der Waals surface area contributed by atoms with Crippen LogP contribution in [0, 0.1) is 10.1 Å². The molecule has 0 bridgehead atoms. The van der Waals surface area contributed by atoms with Gasteiger partial charge in [0.05, 0.1) is 10.5 Å². The van der Waals surface area contributed by atoms with E-state index in [0.717, 1.165) is 6.07 Å². The lowest BCUT2D eigenvalue weighted by atomic mass is 10.1. The zero-order valence-corrected chi connectivity index (χ0v) is 12.1. The molecule has 1 aliphatic heterocycles. The van der Waals surface area contributed by atoms with Crippen molar-refractivity contribution in [1.29, 1.82) is 0 Å². The van der Waals surface area contributed by atoms with Gasteiger partial charge in [-0.25, -0.2) is 4.79 Å². The van der Waals surface area contributed by atoms with Crippen molar-refractivity contribution in [1.82, 2.24) is 4.90 Å². The fourth-order valence-corrected chi connectivity index (χ4v) is 2.40. The minimum Gasteiger partial charge on any atom is -0.478 e. The van der Waals surface area contributed by atoms with Crippen LogP contribution in [0.1, 0.15) is 10.4 Å². The Morgan fingerprint density at radius 3 is 2.21 bits per heavy atom. The normalized spacial score (nSPS) is 15.3. The Bertz CT molecular complexity index is 684. The molecule has 0 spiro atoms. The van der Waals surface area contributed by atoms with E-state index in [0.29, 0.717) is 4.90 Å². The molecule has 0 aliphatic carbocycles. The van der Waals surface area contributed by atoms with E-state index in [1.807, 2.05) is 0 Å². The van der Waals surface area contributed by atoms with E-state index in [4.69, 9.17) is 5.11 Å². The van der Waals surface area contributed by atoms with Gasteiger partial charge in [-0.1, -0.05) is 0 Å². The van der Waals surface area contributed by atoms with Crippen LogP contribution in [0.2, 0.25) is 0 Å². The van der Waals surface area contributed by atoms with Crippen LogP contribution in [0.5, 0.6) is 0 Å². The predicted octanol–water partition coefficient (Wildman–Crippen LogP) is 1.50. The number of benzene rings is 1. The number of carbonyl (C=O) groups is 2. The fourth-order valence-electron chi connectivity index (χ4n) is 2.40. The van der Waals surface area contributed by atoms with Crippen LogP contribution in [-0.2, 0) is 4.79 Å². The number of hydrogen-bond acceptors (Lipinski definition) is 5. The van der Waals surface area contributed by atoms with Gasteiger partial charge in [0, 0.05) is 32.2 Å². The largest absolute Gasteiger partial charge is 0.478 e. The number of nitro groups is 1. The van der Waals surface area contributed by atoms with Crippen LogP contribution in [0.25, 0.3) is 0 Å². The van der Waals surface area contributed by atoms with Gasteiger partial charge in [-0.2, -0.15) is 13.2 Å². The maximum atomic E-state index is 12.4. The SMILES string of the molecule is O=C(O)c1ccc(N2CCN(C(=O)C(F)(F)F)CC2)c([N+](=O)[O-])c1. The summed E-state index contributed by atoms with van der Waals surface area (Å²) in [7, 11) is 0. The molecule has 11 heteroatoms. The molecule has 1 aromatic carbocycles. The zero-order chi connectivity index (χ0) is 18.1. The monoisotopic (exact) mass is 347 g/mol. The Hall–Kier alpha value is -2.85. The van der Waals surface area contributed by atoms with E-state index >= 15 is 0 Å². The summed E-state index contributed by atoms with van der Waals surface area (Å²) >= 11 is 0. The first kappa shape index (κ1) is 17.5. The second-order valence-corrected chi connectivity index (χ2v) is 5.04. The summed E-state index contributed by atoms with van der Waals surface area (Å²) in [4.78, 5) is 34.5. The quantitative estimate of drug-likeness (QED) is 0.656. The molecule has 24 heavy (non-hydrogen) atoms. The van der Waals surface area contributed by atoms with Gasteiger partial charge in [0.1, 0.15) is 5.69 Å². The number of amides is 1. The third-order valence-corrected chi connectivity index (χ3v) is 3.57. The van der Waals surface area contributed by atoms with Crippen molar-refractivity contribution in [2.24, 2.45) is 0 Å². The van der Waals surface area contributed by atoms with Crippen molar-refractivity contribution in [3.63, 3.8) is 0 Å². The Morgan fingerprint density at radius 2 is 1.75 bits per heavy atom. The number of halogens is 3. The fraction of sp³-hybridized carbons (Fsp3) is 0.385. The molecular weight excluding hydrogens is 335 g/mol. The van der Waals surface area contributed by atoms with Crippen LogP contribution >= 0.6 is 0 Å². The summed E-state index contributed by atoms with van der Waals surface area (Å²) in [5.74, 6) is -3.27. The number of carbonyl (C=O) groups excluding carboxylic acids is 1. The zero-order valence-electron chi connectivity index (χ0n) is 12.1. The number of alkyl halides is 3. The number of piperazine rings is 1. The molecule has 0 aromatic heterocycles. The third-order valence-electron chi connectivity index (χ3n) is 3.57. The van der Waals surface area contributed by atoms with E-state index in [2.05, 4.69) is 0 Å². The van der Waals surface area contributed by atoms with Gasteiger partial charge >= 0.3 is 18.1 Å². The van der Waals surface area contributed by atoms with Crippen molar-refractivity contribution < 1.29 is 32.8 Å². The van der Waals surface area contributed by atoms with Crippen molar-refractivity contribution in [2.75, 3.05) is 31.1 Å². The number of nitro benzene ring substituents is 1. The van der Waals surface area contributed by atoms with Gasteiger partial charge in [-0.15, -0.1) is 0 Å². The lowest BCUT2D eigenvalue weighted by Gasteiger charge is -2.36. The molecule has 1 fully saturated rings. The first-order chi connectivity index (χ1) is 11.1. The summed E-state index contributed by atoms with van der Waals surface area (Å²) in [6.45, 7) is -0.545. The molecule has 1 aliphatic rings. The number of nitrogens with zero attached hydrogens (tertiary/aromatic N) is 3. The van der Waals surface area contributed by atoms with Gasteiger partial charge in [0.2, 0.25) is 0 Å². The van der Waals surface area contributed by atoms with Crippen molar-refractivity contribution in [3.05, 3.63) is 33.9 Å². The highest BCUT2D eigenvalue weighted by Crippen LogP contribution is 2.30. The van der Waals surface area contributed by atoms with Gasteiger partial charge in [0.25, 0.3) is 5.69 Å². The van der Waals surface area contributed by atoms with E-state index in [1.54, 1.807) is 0 Å². The maximum Gasteiger partial charge on any atom is 0.471 e. The van der Waals surface area contributed by atoms with Crippen LogP contribution in [-0.4, -0.2) is 59.2 Å². The standard InChI is InChI=1S/C13H12F3N3O5/c14-13(15,16)12(22)18-5-3-17(4-6-18)9-2-1-8(11(20)21)7-10(9)19(23)24/h1-2,7H,3-6H2,(H,20,21). The van der Waals surface area contributed by atoms with E-state index in [-0.39, 0.29) is 37.4 Å². The van der Waals surface area contributed by atoms with Crippen molar-refractivity contribution >= 4 is 23.3 Å². The molecule has 8 nitrogen and oxygen atoms in total. The van der Waals surface area contributed by atoms with E-state index < -0.39 is 28.7 Å². The second-order valence-electron chi connectivity index (χ2n) is 5.04. The minimum atomic E-state index is -4.96. The number of hydrogen-bond donors (Lipinski definition) is 1. The Balaban J connectivity index is 2.18. The van der Waals surface area contributed by atoms with Gasteiger partial charge in [-0.3, -0.25) is 14.9 Å². The number of anilines is 1.